The van der Waals surface area contributed by atoms with Crippen molar-refractivity contribution in [2.45, 2.75) is 6.92 Å². The Labute approximate surface area is 148 Å². The first-order valence-corrected chi connectivity index (χ1v) is 8.04. The molecular weight excluding hydrogens is 344 g/mol. The number of halogens is 2. The van der Waals surface area contributed by atoms with Crippen molar-refractivity contribution in [1.29, 1.82) is 0 Å². The molecule has 2 aromatic rings. The van der Waals surface area contributed by atoms with Crippen LogP contribution in [0.5, 0.6) is 0 Å². The topological polar surface area (TPSA) is 78.4 Å². The first-order valence-electron chi connectivity index (χ1n) is 8.04. The third-order valence-electron chi connectivity index (χ3n) is 4.06. The van der Waals surface area contributed by atoms with Gasteiger partial charge in [-0.25, -0.2) is 18.7 Å². The van der Waals surface area contributed by atoms with Gasteiger partial charge in [0.1, 0.15) is 5.69 Å². The smallest absolute Gasteiger partial charge is 0.272 e. The molecule has 1 fully saturated rings. The van der Waals surface area contributed by atoms with Crippen LogP contribution in [0, 0.1) is 11.6 Å². The van der Waals surface area contributed by atoms with Crippen molar-refractivity contribution in [2.24, 2.45) is 0 Å². The van der Waals surface area contributed by atoms with Crippen LogP contribution in [0.3, 0.4) is 0 Å². The van der Waals surface area contributed by atoms with E-state index in [0.717, 1.165) is 12.1 Å². The van der Waals surface area contributed by atoms with Crippen LogP contribution in [0.15, 0.2) is 30.5 Å². The monoisotopic (exact) mass is 361 g/mol. The first-order chi connectivity index (χ1) is 12.4. The summed E-state index contributed by atoms with van der Waals surface area (Å²) in [5, 5.41) is 2.74. The average molecular weight is 361 g/mol. The SMILES string of the molecule is CC(=O)N1CCN(C(=O)c2ccnc(Nc3ccc(F)c(F)c3)n2)CC1. The lowest BCUT2D eigenvalue weighted by Crippen LogP contribution is -2.50. The normalized spacial score (nSPS) is 14.3. The Balaban J connectivity index is 1.69. The molecule has 9 heteroatoms. The Hall–Kier alpha value is -3.10. The zero-order valence-corrected chi connectivity index (χ0v) is 14.1. The van der Waals surface area contributed by atoms with E-state index in [1.807, 2.05) is 0 Å². The average Bonchev–Trinajstić information content (AvgIpc) is 2.64. The van der Waals surface area contributed by atoms with Crippen LogP contribution >= 0.6 is 0 Å². The molecule has 1 aliphatic heterocycles. The van der Waals surface area contributed by atoms with Crippen molar-refractivity contribution in [2.75, 3.05) is 31.5 Å². The number of nitrogens with one attached hydrogen (secondary N) is 1. The van der Waals surface area contributed by atoms with Gasteiger partial charge in [0.25, 0.3) is 5.91 Å². The number of hydrogen-bond donors (Lipinski definition) is 1. The maximum absolute atomic E-state index is 13.3. The number of nitrogens with zero attached hydrogens (tertiary/aromatic N) is 4. The Morgan fingerprint density at radius 2 is 1.73 bits per heavy atom. The molecule has 3 rings (SSSR count). The number of rotatable bonds is 3. The van der Waals surface area contributed by atoms with Crippen LogP contribution in [0.25, 0.3) is 0 Å². The molecule has 1 aromatic heterocycles. The second-order valence-corrected chi connectivity index (χ2v) is 5.82. The second kappa shape index (κ2) is 7.42. The second-order valence-electron chi connectivity index (χ2n) is 5.82. The van der Waals surface area contributed by atoms with Crippen molar-refractivity contribution < 1.29 is 18.4 Å². The predicted octanol–water partition coefficient (Wildman–Crippen LogP) is 1.80. The van der Waals surface area contributed by atoms with Crippen LogP contribution in [0.1, 0.15) is 17.4 Å². The fourth-order valence-corrected chi connectivity index (χ4v) is 2.63. The first kappa shape index (κ1) is 17.7. The summed E-state index contributed by atoms with van der Waals surface area (Å²) in [6, 6.07) is 4.79. The Morgan fingerprint density at radius 1 is 1.04 bits per heavy atom. The Morgan fingerprint density at radius 3 is 2.38 bits per heavy atom. The predicted molar refractivity (Wildman–Crippen MR) is 89.8 cm³/mol. The summed E-state index contributed by atoms with van der Waals surface area (Å²) in [6.07, 6.45) is 1.41. The summed E-state index contributed by atoms with van der Waals surface area (Å²) in [4.78, 5) is 35.3. The zero-order chi connectivity index (χ0) is 18.7. The largest absolute Gasteiger partial charge is 0.339 e. The minimum absolute atomic E-state index is 0.0165. The van der Waals surface area contributed by atoms with Crippen LogP contribution < -0.4 is 5.32 Å². The molecule has 7 nitrogen and oxygen atoms in total. The molecule has 26 heavy (non-hydrogen) atoms. The van der Waals surface area contributed by atoms with Gasteiger partial charge >= 0.3 is 0 Å². The van der Waals surface area contributed by atoms with Crippen LogP contribution in [0.4, 0.5) is 20.4 Å². The lowest BCUT2D eigenvalue weighted by molar-refractivity contribution is -0.130. The van der Waals surface area contributed by atoms with E-state index >= 15 is 0 Å². The molecule has 0 bridgehead atoms. The molecule has 0 radical (unpaired) electrons. The third kappa shape index (κ3) is 3.93. The number of benzene rings is 1. The molecule has 2 amide bonds. The number of hydrogen-bond acceptors (Lipinski definition) is 5. The lowest BCUT2D eigenvalue weighted by Gasteiger charge is -2.34. The molecule has 136 valence electrons. The number of carbonyl (C=O) groups excluding carboxylic acids is 2. The quantitative estimate of drug-likeness (QED) is 0.902. The van der Waals surface area contributed by atoms with E-state index in [2.05, 4.69) is 15.3 Å². The molecule has 1 aromatic carbocycles. The number of piperazine rings is 1. The van der Waals surface area contributed by atoms with E-state index in [1.54, 1.807) is 9.80 Å². The van der Waals surface area contributed by atoms with E-state index < -0.39 is 11.6 Å². The summed E-state index contributed by atoms with van der Waals surface area (Å²) in [7, 11) is 0. The molecule has 0 aliphatic carbocycles. The molecule has 1 N–H and O–H groups in total. The maximum atomic E-state index is 13.3. The highest BCUT2D eigenvalue weighted by atomic mass is 19.2. The Kier molecular flexibility index (Phi) is 5.06. The fourth-order valence-electron chi connectivity index (χ4n) is 2.63. The fraction of sp³-hybridized carbons (Fsp3) is 0.294. The summed E-state index contributed by atoms with van der Waals surface area (Å²) in [5.41, 5.74) is 0.449. The standard InChI is InChI=1S/C17H17F2N5O2/c1-11(25)23-6-8-24(9-7-23)16(26)15-4-5-20-17(22-15)21-12-2-3-13(18)14(19)10-12/h2-5,10H,6-9H2,1H3,(H,20,21,22). The van der Waals surface area contributed by atoms with E-state index in [9.17, 15) is 18.4 Å². The highest BCUT2D eigenvalue weighted by molar-refractivity contribution is 5.92. The van der Waals surface area contributed by atoms with Crippen LogP contribution in [-0.4, -0.2) is 57.8 Å². The van der Waals surface area contributed by atoms with Gasteiger partial charge in [-0.2, -0.15) is 0 Å². The van der Waals surface area contributed by atoms with Gasteiger partial charge in [0, 0.05) is 51.1 Å². The number of carbonyl (C=O) groups is 2. The van der Waals surface area contributed by atoms with Gasteiger partial charge in [0.15, 0.2) is 11.6 Å². The summed E-state index contributed by atoms with van der Waals surface area (Å²) in [5.74, 6) is -2.14. The van der Waals surface area contributed by atoms with Gasteiger partial charge in [0.05, 0.1) is 0 Å². The number of anilines is 2. The van der Waals surface area contributed by atoms with Crippen molar-refractivity contribution in [3.63, 3.8) is 0 Å². The lowest BCUT2D eigenvalue weighted by atomic mass is 10.2. The summed E-state index contributed by atoms with van der Waals surface area (Å²) < 4.78 is 26.3. The van der Waals surface area contributed by atoms with Crippen LogP contribution in [-0.2, 0) is 4.79 Å². The highest BCUT2D eigenvalue weighted by Gasteiger charge is 2.24. The highest BCUT2D eigenvalue weighted by Crippen LogP contribution is 2.17. The molecule has 1 saturated heterocycles. The van der Waals surface area contributed by atoms with Crippen molar-refractivity contribution in [3.8, 4) is 0 Å². The summed E-state index contributed by atoms with van der Waals surface area (Å²) in [6.45, 7) is 3.30. The minimum Gasteiger partial charge on any atom is -0.339 e. The van der Waals surface area contributed by atoms with Gasteiger partial charge in [-0.1, -0.05) is 0 Å². The maximum Gasteiger partial charge on any atom is 0.272 e. The number of amides is 2. The van der Waals surface area contributed by atoms with E-state index in [0.29, 0.717) is 26.2 Å². The zero-order valence-electron chi connectivity index (χ0n) is 14.1. The van der Waals surface area contributed by atoms with Gasteiger partial charge in [0.2, 0.25) is 11.9 Å². The molecular formula is C17H17F2N5O2. The molecule has 0 unspecified atom stereocenters. The van der Waals surface area contributed by atoms with Gasteiger partial charge in [-0.3, -0.25) is 9.59 Å². The van der Waals surface area contributed by atoms with Gasteiger partial charge in [-0.15, -0.1) is 0 Å². The molecule has 0 saturated carbocycles. The van der Waals surface area contributed by atoms with E-state index in [4.69, 9.17) is 0 Å². The molecule has 0 atom stereocenters. The van der Waals surface area contributed by atoms with Gasteiger partial charge < -0.3 is 15.1 Å². The van der Waals surface area contributed by atoms with Crippen molar-refractivity contribution in [3.05, 3.63) is 47.8 Å². The number of aromatic nitrogens is 2. The van der Waals surface area contributed by atoms with Crippen LogP contribution in [0.2, 0.25) is 0 Å². The summed E-state index contributed by atoms with van der Waals surface area (Å²) >= 11 is 0. The minimum atomic E-state index is -0.995. The molecule has 0 spiro atoms. The van der Waals surface area contributed by atoms with Crippen molar-refractivity contribution >= 4 is 23.5 Å². The molecule has 2 heterocycles. The third-order valence-corrected chi connectivity index (χ3v) is 4.06. The van der Waals surface area contributed by atoms with E-state index in [1.165, 1.54) is 25.3 Å². The van der Waals surface area contributed by atoms with Crippen molar-refractivity contribution in [1.82, 2.24) is 19.8 Å². The molecule has 1 aliphatic rings. The van der Waals surface area contributed by atoms with E-state index in [-0.39, 0.29) is 29.1 Å². The Bertz CT molecular complexity index is 838. The van der Waals surface area contributed by atoms with Gasteiger partial charge in [-0.05, 0) is 18.2 Å².